The summed E-state index contributed by atoms with van der Waals surface area (Å²) in [5.74, 6) is 0.264. The Bertz CT molecular complexity index is 307. The van der Waals surface area contributed by atoms with Gasteiger partial charge in [-0.2, -0.15) is 0 Å². The largest absolute Gasteiger partial charge is 0.399 e. The molecule has 0 fully saturated rings. The van der Waals surface area contributed by atoms with Gasteiger partial charge in [0.05, 0.1) is 0 Å². The molecule has 2 N–H and O–H groups in total. The van der Waals surface area contributed by atoms with E-state index >= 15 is 0 Å². The fourth-order valence-corrected chi connectivity index (χ4v) is 1.25. The molecule has 0 bridgehead atoms. The highest BCUT2D eigenvalue weighted by Gasteiger charge is 2.05. The molecular weight excluding hydrogens is 162 g/mol. The molecule has 0 aliphatic rings. The van der Waals surface area contributed by atoms with E-state index in [9.17, 15) is 4.79 Å². The van der Waals surface area contributed by atoms with Gasteiger partial charge in [-0.3, -0.25) is 0 Å². The number of rotatable bonds is 3. The lowest BCUT2D eigenvalue weighted by Crippen LogP contribution is -1.97. The zero-order valence-electron chi connectivity index (χ0n) is 8.08. The topological polar surface area (TPSA) is 43.1 Å². The van der Waals surface area contributed by atoms with E-state index in [1.807, 2.05) is 32.0 Å². The smallest absolute Gasteiger partial charge is 0.120 e. The van der Waals surface area contributed by atoms with Gasteiger partial charge in [-0.05, 0) is 30.0 Å². The second kappa shape index (κ2) is 4.08. The highest BCUT2D eigenvalue weighted by molar-refractivity contribution is 5.54. The third-order valence-electron chi connectivity index (χ3n) is 2.32. The first-order valence-electron chi connectivity index (χ1n) is 4.44. The van der Waals surface area contributed by atoms with Gasteiger partial charge in [0.15, 0.2) is 0 Å². The number of aryl methyl sites for hydroxylation is 1. The number of aldehydes is 1. The second-order valence-corrected chi connectivity index (χ2v) is 3.42. The van der Waals surface area contributed by atoms with E-state index in [0.29, 0.717) is 6.42 Å². The van der Waals surface area contributed by atoms with Crippen LogP contribution in [-0.4, -0.2) is 6.29 Å². The van der Waals surface area contributed by atoms with Crippen LogP contribution >= 0.6 is 0 Å². The average molecular weight is 177 g/mol. The molecule has 0 aromatic heterocycles. The summed E-state index contributed by atoms with van der Waals surface area (Å²) in [5, 5.41) is 0. The first-order chi connectivity index (χ1) is 6.15. The van der Waals surface area contributed by atoms with Crippen LogP contribution in [0.25, 0.3) is 0 Å². The van der Waals surface area contributed by atoms with Crippen LogP contribution < -0.4 is 5.73 Å². The Labute approximate surface area is 78.8 Å². The van der Waals surface area contributed by atoms with E-state index in [0.717, 1.165) is 23.1 Å². The molecule has 0 saturated heterocycles. The standard InChI is InChI=1S/C11H15NO/c1-8(5-6-13)10-4-3-9(2)11(12)7-10/h3-4,6-8H,5,12H2,1-2H3. The third kappa shape index (κ3) is 2.31. The van der Waals surface area contributed by atoms with Crippen molar-refractivity contribution in [3.63, 3.8) is 0 Å². The van der Waals surface area contributed by atoms with E-state index in [1.54, 1.807) is 0 Å². The van der Waals surface area contributed by atoms with Gasteiger partial charge < -0.3 is 10.5 Å². The number of hydrogen-bond donors (Lipinski definition) is 1. The summed E-state index contributed by atoms with van der Waals surface area (Å²) in [6.07, 6.45) is 1.50. The lowest BCUT2D eigenvalue weighted by atomic mass is 9.97. The minimum absolute atomic E-state index is 0.264. The molecule has 0 aliphatic heterocycles. The van der Waals surface area contributed by atoms with Crippen LogP contribution in [0.5, 0.6) is 0 Å². The van der Waals surface area contributed by atoms with Gasteiger partial charge in [-0.15, -0.1) is 0 Å². The molecule has 0 radical (unpaired) electrons. The summed E-state index contributed by atoms with van der Waals surface area (Å²) >= 11 is 0. The molecule has 0 aliphatic carbocycles. The normalized spacial score (nSPS) is 12.5. The van der Waals surface area contributed by atoms with Crippen LogP contribution in [0.4, 0.5) is 5.69 Å². The Hall–Kier alpha value is -1.31. The van der Waals surface area contributed by atoms with Crippen LogP contribution in [0.1, 0.15) is 30.4 Å². The molecule has 13 heavy (non-hydrogen) atoms. The SMILES string of the molecule is Cc1ccc(C(C)CC=O)cc1N. The molecule has 0 saturated carbocycles. The maximum Gasteiger partial charge on any atom is 0.120 e. The zero-order chi connectivity index (χ0) is 9.84. The Morgan fingerprint density at radius 3 is 2.77 bits per heavy atom. The van der Waals surface area contributed by atoms with Crippen LogP contribution in [0.2, 0.25) is 0 Å². The van der Waals surface area contributed by atoms with Crippen LogP contribution in [-0.2, 0) is 4.79 Å². The van der Waals surface area contributed by atoms with E-state index in [4.69, 9.17) is 5.73 Å². The van der Waals surface area contributed by atoms with Crippen molar-refractivity contribution in [1.82, 2.24) is 0 Å². The van der Waals surface area contributed by atoms with Crippen LogP contribution in [0.15, 0.2) is 18.2 Å². The van der Waals surface area contributed by atoms with Gasteiger partial charge in [0.2, 0.25) is 0 Å². The monoisotopic (exact) mass is 177 g/mol. The van der Waals surface area contributed by atoms with Crippen molar-refractivity contribution in [3.8, 4) is 0 Å². The number of benzene rings is 1. The Balaban J connectivity index is 2.89. The van der Waals surface area contributed by atoms with Crippen LogP contribution in [0, 0.1) is 6.92 Å². The first-order valence-corrected chi connectivity index (χ1v) is 4.44. The van der Waals surface area contributed by atoms with Crippen LogP contribution in [0.3, 0.4) is 0 Å². The summed E-state index contributed by atoms with van der Waals surface area (Å²) in [6, 6.07) is 5.97. The van der Waals surface area contributed by atoms with Crippen molar-refractivity contribution in [2.45, 2.75) is 26.2 Å². The molecule has 70 valence electrons. The van der Waals surface area contributed by atoms with E-state index < -0.39 is 0 Å². The molecule has 0 spiro atoms. The summed E-state index contributed by atoms with van der Waals surface area (Å²) in [5.41, 5.74) is 8.79. The molecule has 1 rings (SSSR count). The number of nitrogens with two attached hydrogens (primary N) is 1. The lowest BCUT2D eigenvalue weighted by molar-refractivity contribution is -0.108. The molecule has 1 aromatic carbocycles. The molecular formula is C11H15NO. The van der Waals surface area contributed by atoms with Gasteiger partial charge in [0.1, 0.15) is 6.29 Å². The number of carbonyl (C=O) groups is 1. The van der Waals surface area contributed by atoms with Gasteiger partial charge in [0.25, 0.3) is 0 Å². The van der Waals surface area contributed by atoms with Crippen molar-refractivity contribution in [3.05, 3.63) is 29.3 Å². The van der Waals surface area contributed by atoms with Crippen molar-refractivity contribution in [2.24, 2.45) is 0 Å². The predicted molar refractivity (Wildman–Crippen MR) is 54.7 cm³/mol. The van der Waals surface area contributed by atoms with Gasteiger partial charge in [0, 0.05) is 12.1 Å². The predicted octanol–water partition coefficient (Wildman–Crippen LogP) is 2.27. The van der Waals surface area contributed by atoms with Gasteiger partial charge >= 0.3 is 0 Å². The highest BCUT2D eigenvalue weighted by Crippen LogP contribution is 2.21. The third-order valence-corrected chi connectivity index (χ3v) is 2.32. The second-order valence-electron chi connectivity index (χ2n) is 3.42. The summed E-state index contributed by atoms with van der Waals surface area (Å²) in [6.45, 7) is 4.00. The molecule has 0 amide bonds. The van der Waals surface area contributed by atoms with E-state index in [2.05, 4.69) is 0 Å². The maximum absolute atomic E-state index is 10.3. The summed E-state index contributed by atoms with van der Waals surface area (Å²) < 4.78 is 0. The molecule has 0 heterocycles. The number of carbonyl (C=O) groups excluding carboxylic acids is 1. The summed E-state index contributed by atoms with van der Waals surface area (Å²) in [4.78, 5) is 10.3. The number of hydrogen-bond acceptors (Lipinski definition) is 2. The van der Waals surface area contributed by atoms with Crippen molar-refractivity contribution in [1.29, 1.82) is 0 Å². The van der Waals surface area contributed by atoms with Crippen molar-refractivity contribution in [2.75, 3.05) is 5.73 Å². The Kier molecular flexibility index (Phi) is 3.07. The first kappa shape index (κ1) is 9.78. The fraction of sp³-hybridized carbons (Fsp3) is 0.364. The molecule has 1 aromatic rings. The fourth-order valence-electron chi connectivity index (χ4n) is 1.25. The Morgan fingerprint density at radius 2 is 2.23 bits per heavy atom. The summed E-state index contributed by atoms with van der Waals surface area (Å²) in [7, 11) is 0. The minimum Gasteiger partial charge on any atom is -0.399 e. The zero-order valence-corrected chi connectivity index (χ0v) is 8.08. The van der Waals surface area contributed by atoms with E-state index in [-0.39, 0.29) is 5.92 Å². The molecule has 2 nitrogen and oxygen atoms in total. The molecule has 2 heteroatoms. The van der Waals surface area contributed by atoms with Gasteiger partial charge in [-0.1, -0.05) is 19.1 Å². The maximum atomic E-state index is 10.3. The lowest BCUT2D eigenvalue weighted by Gasteiger charge is -2.09. The van der Waals surface area contributed by atoms with Gasteiger partial charge in [-0.25, -0.2) is 0 Å². The van der Waals surface area contributed by atoms with Crippen molar-refractivity contribution >= 4 is 12.0 Å². The number of nitrogen functional groups attached to an aromatic ring is 1. The minimum atomic E-state index is 0.264. The number of anilines is 1. The molecule has 1 atom stereocenters. The molecule has 1 unspecified atom stereocenters. The average Bonchev–Trinajstić information content (AvgIpc) is 2.10. The van der Waals surface area contributed by atoms with Crippen molar-refractivity contribution < 1.29 is 4.79 Å². The quantitative estimate of drug-likeness (QED) is 0.568. The highest BCUT2D eigenvalue weighted by atomic mass is 16.1. The van der Waals surface area contributed by atoms with E-state index in [1.165, 1.54) is 0 Å². The Morgan fingerprint density at radius 1 is 1.54 bits per heavy atom.